The van der Waals surface area contributed by atoms with Gasteiger partial charge in [-0.05, 0) is 37.0 Å². The standard InChI is InChI=1S/C18H20N2O3/c1-4-13-8-6-9-14(5-2)17(13)19-18(21)15-10-7-11-16(12(15)3)20(22)23/h6-11H,4-5H2,1-3H3,(H,19,21). The van der Waals surface area contributed by atoms with E-state index in [2.05, 4.69) is 5.32 Å². The maximum atomic E-state index is 12.6. The van der Waals surface area contributed by atoms with Crippen LogP contribution >= 0.6 is 0 Å². The quantitative estimate of drug-likeness (QED) is 0.661. The number of nitro groups is 1. The number of anilines is 1. The van der Waals surface area contributed by atoms with E-state index in [9.17, 15) is 14.9 Å². The highest BCUT2D eigenvalue weighted by Crippen LogP contribution is 2.26. The number of hydrogen-bond acceptors (Lipinski definition) is 3. The molecule has 0 saturated heterocycles. The van der Waals surface area contributed by atoms with Crippen LogP contribution in [0.3, 0.4) is 0 Å². The summed E-state index contributed by atoms with van der Waals surface area (Å²) in [5.74, 6) is -0.318. The molecule has 1 amide bonds. The second-order valence-electron chi connectivity index (χ2n) is 5.32. The van der Waals surface area contributed by atoms with Gasteiger partial charge < -0.3 is 5.32 Å². The summed E-state index contributed by atoms with van der Waals surface area (Å²) in [5.41, 5.74) is 3.58. The number of hydrogen-bond donors (Lipinski definition) is 1. The highest BCUT2D eigenvalue weighted by atomic mass is 16.6. The molecule has 0 aliphatic carbocycles. The van der Waals surface area contributed by atoms with Gasteiger partial charge in [-0.2, -0.15) is 0 Å². The molecule has 0 atom stereocenters. The number of amides is 1. The first kappa shape index (κ1) is 16.7. The van der Waals surface area contributed by atoms with Crippen molar-refractivity contribution in [2.45, 2.75) is 33.6 Å². The van der Waals surface area contributed by atoms with E-state index < -0.39 is 4.92 Å². The first-order valence-corrected chi connectivity index (χ1v) is 7.65. The van der Waals surface area contributed by atoms with Crippen LogP contribution in [0.5, 0.6) is 0 Å². The molecule has 2 aromatic carbocycles. The number of nitrogens with one attached hydrogen (secondary N) is 1. The minimum atomic E-state index is -0.469. The van der Waals surface area contributed by atoms with Crippen molar-refractivity contribution < 1.29 is 9.72 Å². The van der Waals surface area contributed by atoms with Crippen LogP contribution in [-0.4, -0.2) is 10.8 Å². The Bertz CT molecular complexity index is 732. The monoisotopic (exact) mass is 312 g/mol. The Hall–Kier alpha value is -2.69. The lowest BCUT2D eigenvalue weighted by Crippen LogP contribution is -2.16. The van der Waals surface area contributed by atoms with Crippen LogP contribution in [0.1, 0.15) is 40.9 Å². The molecule has 0 fully saturated rings. The third kappa shape index (κ3) is 3.39. The molecule has 0 bridgehead atoms. The fourth-order valence-electron chi connectivity index (χ4n) is 2.65. The summed E-state index contributed by atoms with van der Waals surface area (Å²) < 4.78 is 0. The molecule has 23 heavy (non-hydrogen) atoms. The highest BCUT2D eigenvalue weighted by molar-refractivity contribution is 6.06. The summed E-state index contributed by atoms with van der Waals surface area (Å²) in [6.07, 6.45) is 1.61. The van der Waals surface area contributed by atoms with E-state index in [4.69, 9.17) is 0 Å². The molecule has 2 rings (SSSR count). The molecule has 2 aromatic rings. The largest absolute Gasteiger partial charge is 0.321 e. The fourth-order valence-corrected chi connectivity index (χ4v) is 2.65. The van der Waals surface area contributed by atoms with Gasteiger partial charge in [0, 0.05) is 22.9 Å². The zero-order valence-electron chi connectivity index (χ0n) is 13.6. The van der Waals surface area contributed by atoms with Crippen LogP contribution in [-0.2, 0) is 12.8 Å². The van der Waals surface area contributed by atoms with E-state index in [1.54, 1.807) is 13.0 Å². The van der Waals surface area contributed by atoms with Gasteiger partial charge in [0.25, 0.3) is 11.6 Å². The molecule has 0 aliphatic rings. The van der Waals surface area contributed by atoms with Crippen LogP contribution in [0, 0.1) is 17.0 Å². The van der Waals surface area contributed by atoms with Crippen molar-refractivity contribution in [3.8, 4) is 0 Å². The number of benzene rings is 2. The SMILES string of the molecule is CCc1cccc(CC)c1NC(=O)c1cccc([N+](=O)[O-])c1C. The third-order valence-corrected chi connectivity index (χ3v) is 3.98. The normalized spacial score (nSPS) is 10.4. The molecule has 0 heterocycles. The molecule has 0 radical (unpaired) electrons. The number of rotatable bonds is 5. The Morgan fingerprint density at radius 3 is 2.17 bits per heavy atom. The maximum Gasteiger partial charge on any atom is 0.273 e. The number of para-hydroxylation sites is 1. The highest BCUT2D eigenvalue weighted by Gasteiger charge is 2.19. The van der Waals surface area contributed by atoms with Gasteiger partial charge >= 0.3 is 0 Å². The average molecular weight is 312 g/mol. The van der Waals surface area contributed by atoms with E-state index >= 15 is 0 Å². The van der Waals surface area contributed by atoms with Gasteiger partial charge in [0.2, 0.25) is 0 Å². The topological polar surface area (TPSA) is 72.2 Å². The van der Waals surface area contributed by atoms with Crippen LogP contribution in [0.25, 0.3) is 0 Å². The Morgan fingerprint density at radius 2 is 1.65 bits per heavy atom. The number of carbonyl (C=O) groups is 1. The predicted molar refractivity (Wildman–Crippen MR) is 91.0 cm³/mol. The van der Waals surface area contributed by atoms with Crippen molar-refractivity contribution in [3.05, 3.63) is 68.8 Å². The van der Waals surface area contributed by atoms with E-state index in [-0.39, 0.29) is 11.6 Å². The van der Waals surface area contributed by atoms with Crippen LogP contribution in [0.2, 0.25) is 0 Å². The lowest BCUT2D eigenvalue weighted by Gasteiger charge is -2.15. The van der Waals surface area contributed by atoms with Gasteiger partial charge in [0.05, 0.1) is 4.92 Å². The van der Waals surface area contributed by atoms with E-state index in [0.29, 0.717) is 11.1 Å². The summed E-state index contributed by atoms with van der Waals surface area (Å²) >= 11 is 0. The van der Waals surface area contributed by atoms with Crippen LogP contribution in [0.15, 0.2) is 36.4 Å². The predicted octanol–water partition coefficient (Wildman–Crippen LogP) is 4.28. The lowest BCUT2D eigenvalue weighted by atomic mass is 10.0. The zero-order valence-corrected chi connectivity index (χ0v) is 13.6. The van der Waals surface area contributed by atoms with Gasteiger partial charge in [-0.15, -0.1) is 0 Å². The molecular formula is C18H20N2O3. The molecule has 5 nitrogen and oxygen atoms in total. The Kier molecular flexibility index (Phi) is 5.11. The van der Waals surface area contributed by atoms with Crippen molar-refractivity contribution in [1.82, 2.24) is 0 Å². The summed E-state index contributed by atoms with van der Waals surface area (Å²) in [5, 5.41) is 14.0. The lowest BCUT2D eigenvalue weighted by molar-refractivity contribution is -0.385. The molecule has 0 aromatic heterocycles. The molecule has 120 valence electrons. The number of carbonyl (C=O) groups excluding carboxylic acids is 1. The zero-order chi connectivity index (χ0) is 17.0. The van der Waals surface area contributed by atoms with Crippen molar-refractivity contribution in [2.75, 3.05) is 5.32 Å². The second-order valence-corrected chi connectivity index (χ2v) is 5.32. The van der Waals surface area contributed by atoms with Gasteiger partial charge in [0.15, 0.2) is 0 Å². The van der Waals surface area contributed by atoms with Crippen molar-refractivity contribution in [1.29, 1.82) is 0 Å². The minimum absolute atomic E-state index is 0.0443. The molecule has 0 unspecified atom stereocenters. The van der Waals surface area contributed by atoms with E-state index in [1.165, 1.54) is 12.1 Å². The molecule has 0 aliphatic heterocycles. The van der Waals surface area contributed by atoms with Gasteiger partial charge in [-0.25, -0.2) is 0 Å². The van der Waals surface area contributed by atoms with E-state index in [0.717, 1.165) is 29.7 Å². The summed E-state index contributed by atoms with van der Waals surface area (Å²) in [6.45, 7) is 5.66. The van der Waals surface area contributed by atoms with Crippen LogP contribution < -0.4 is 5.32 Å². The first-order chi connectivity index (χ1) is 11.0. The second kappa shape index (κ2) is 7.05. The third-order valence-electron chi connectivity index (χ3n) is 3.98. The number of nitrogens with zero attached hydrogens (tertiary/aromatic N) is 1. The molecule has 0 saturated carbocycles. The van der Waals surface area contributed by atoms with Crippen LogP contribution in [0.4, 0.5) is 11.4 Å². The molecule has 5 heteroatoms. The maximum absolute atomic E-state index is 12.6. The van der Waals surface area contributed by atoms with Crippen molar-refractivity contribution >= 4 is 17.3 Å². The first-order valence-electron chi connectivity index (χ1n) is 7.65. The molecule has 1 N–H and O–H groups in total. The Balaban J connectivity index is 2.41. The van der Waals surface area contributed by atoms with Gasteiger partial charge in [-0.1, -0.05) is 38.1 Å². The fraction of sp³-hybridized carbons (Fsp3) is 0.278. The van der Waals surface area contributed by atoms with Crippen molar-refractivity contribution in [3.63, 3.8) is 0 Å². The average Bonchev–Trinajstić information content (AvgIpc) is 2.54. The van der Waals surface area contributed by atoms with Gasteiger partial charge in [-0.3, -0.25) is 14.9 Å². The Morgan fingerprint density at radius 1 is 1.09 bits per heavy atom. The summed E-state index contributed by atoms with van der Waals surface area (Å²) in [4.78, 5) is 23.2. The molecular weight excluding hydrogens is 292 g/mol. The van der Waals surface area contributed by atoms with Gasteiger partial charge in [0.1, 0.15) is 0 Å². The smallest absolute Gasteiger partial charge is 0.273 e. The minimum Gasteiger partial charge on any atom is -0.321 e. The summed E-state index contributed by atoms with van der Waals surface area (Å²) in [6, 6.07) is 10.5. The number of nitro benzene ring substituents is 1. The number of aryl methyl sites for hydroxylation is 2. The van der Waals surface area contributed by atoms with E-state index in [1.807, 2.05) is 32.0 Å². The summed E-state index contributed by atoms with van der Waals surface area (Å²) in [7, 11) is 0. The Labute approximate surface area is 135 Å². The van der Waals surface area contributed by atoms with Crippen molar-refractivity contribution in [2.24, 2.45) is 0 Å². The molecule has 0 spiro atoms.